The minimum atomic E-state index is -6.20. The Bertz CT molecular complexity index is 444. The third-order valence-corrected chi connectivity index (χ3v) is 3.63. The number of nitrogens with zero attached hydrogens (tertiary/aromatic N) is 1. The Hall–Kier alpha value is -1.00. The van der Waals surface area contributed by atoms with E-state index in [0.29, 0.717) is 0 Å². The number of thiocyanates is 1. The molecule has 0 rings (SSSR count). The summed E-state index contributed by atoms with van der Waals surface area (Å²) in [5, 5.41) is 9.24. The molecule has 0 bridgehead atoms. The van der Waals surface area contributed by atoms with E-state index >= 15 is 0 Å². The average Bonchev–Trinajstić information content (AvgIpc) is 2.40. The van der Waals surface area contributed by atoms with E-state index in [2.05, 4.69) is 0 Å². The van der Waals surface area contributed by atoms with E-state index in [-0.39, 0.29) is 11.8 Å². The molecule has 6 unspecified atom stereocenters. The van der Waals surface area contributed by atoms with E-state index in [0.717, 1.165) is 0 Å². The minimum Gasteiger partial charge on any atom is -0.246 e. The van der Waals surface area contributed by atoms with Crippen LogP contribution in [0, 0.1) is 22.5 Å². The van der Waals surface area contributed by atoms with Gasteiger partial charge in [0.1, 0.15) is 35.8 Å². The molecule has 1 nitrogen and oxygen atoms in total. The van der Waals surface area contributed by atoms with Gasteiger partial charge in [0.05, 0.1) is 0 Å². The molecule has 25 heavy (non-hydrogen) atoms. The van der Waals surface area contributed by atoms with E-state index in [9.17, 15) is 52.7 Å². The van der Waals surface area contributed by atoms with E-state index in [4.69, 9.17) is 5.26 Å². The third-order valence-electron chi connectivity index (χ3n) is 3.01. The molecule has 14 heteroatoms. The topological polar surface area (TPSA) is 23.8 Å². The predicted molar refractivity (Wildman–Crippen MR) is 62.7 cm³/mol. The molecule has 0 N–H and O–H groups in total. The van der Waals surface area contributed by atoms with Crippen LogP contribution in [0.4, 0.5) is 52.7 Å². The first-order valence-corrected chi connectivity index (χ1v) is 7.13. The number of hydrogen-bond donors (Lipinski definition) is 0. The van der Waals surface area contributed by atoms with Crippen molar-refractivity contribution in [3.8, 4) is 5.40 Å². The van der Waals surface area contributed by atoms with Crippen molar-refractivity contribution in [2.45, 2.75) is 43.5 Å². The summed E-state index contributed by atoms with van der Waals surface area (Å²) in [6.07, 6.45) is -32.8. The first kappa shape index (κ1) is 24.0. The lowest BCUT2D eigenvalue weighted by Crippen LogP contribution is -2.52. The van der Waals surface area contributed by atoms with E-state index in [1.807, 2.05) is 0 Å². The highest BCUT2D eigenvalue weighted by Gasteiger charge is 2.62. The lowest BCUT2D eigenvalue weighted by Gasteiger charge is -2.33. The molecule has 0 saturated heterocycles. The number of nitriles is 1. The molecule has 0 fully saturated rings. The van der Waals surface area contributed by atoms with Crippen molar-refractivity contribution in [2.24, 2.45) is 11.8 Å². The molecule has 0 aromatic rings. The van der Waals surface area contributed by atoms with E-state index < -0.39 is 61.1 Å². The molecule has 0 aromatic carbocycles. The van der Waals surface area contributed by atoms with Crippen LogP contribution in [0.3, 0.4) is 0 Å². The molecule has 0 aliphatic heterocycles. The fraction of sp³-hybridized carbons (Fsp3) is 0.909. The van der Waals surface area contributed by atoms with E-state index in [1.165, 1.54) is 5.40 Å². The summed E-state index contributed by atoms with van der Waals surface area (Å²) in [6, 6.07) is 0. The zero-order valence-corrected chi connectivity index (χ0v) is 12.5. The summed E-state index contributed by atoms with van der Waals surface area (Å²) in [4.78, 5) is 0. The Morgan fingerprint density at radius 1 is 0.720 bits per heavy atom. The first-order chi connectivity index (χ1) is 11.2. The van der Waals surface area contributed by atoms with Gasteiger partial charge in [-0.25, -0.2) is 26.3 Å². The van der Waals surface area contributed by atoms with Crippen LogP contribution in [0.25, 0.3) is 0 Å². The number of alkyl halides is 12. The lowest BCUT2D eigenvalue weighted by atomic mass is 9.85. The maximum absolute atomic E-state index is 13.6. The van der Waals surface area contributed by atoms with Crippen LogP contribution in [-0.4, -0.2) is 49.2 Å². The zero-order chi connectivity index (χ0) is 20.2. The normalized spacial score (nSPS) is 20.5. The number of rotatable bonds is 8. The Kier molecular flexibility index (Phi) is 8.72. The van der Waals surface area contributed by atoms with Gasteiger partial charge in [-0.3, -0.25) is 0 Å². The molecule has 0 saturated carbocycles. The van der Waals surface area contributed by atoms with Crippen LogP contribution >= 0.6 is 11.8 Å². The summed E-state index contributed by atoms with van der Waals surface area (Å²) in [7, 11) is 0. The van der Waals surface area contributed by atoms with Crippen LogP contribution < -0.4 is 0 Å². The summed E-state index contributed by atoms with van der Waals surface area (Å²) >= 11 is -0.0461. The molecule has 0 radical (unpaired) electrons. The van der Waals surface area contributed by atoms with Crippen molar-refractivity contribution >= 4 is 11.8 Å². The smallest absolute Gasteiger partial charge is 0.246 e. The largest absolute Gasteiger partial charge is 0.400 e. The average molecular weight is 415 g/mol. The van der Waals surface area contributed by atoms with Crippen molar-refractivity contribution in [2.75, 3.05) is 5.75 Å². The zero-order valence-electron chi connectivity index (χ0n) is 11.6. The third kappa shape index (κ3) is 6.67. The van der Waals surface area contributed by atoms with Crippen molar-refractivity contribution in [3.63, 3.8) is 0 Å². The summed E-state index contributed by atoms with van der Waals surface area (Å²) in [5.41, 5.74) is 0. The van der Waals surface area contributed by atoms with Gasteiger partial charge in [-0.2, -0.15) is 31.6 Å². The van der Waals surface area contributed by atoms with Gasteiger partial charge in [0.15, 0.2) is 6.17 Å². The molecule has 0 aliphatic carbocycles. The maximum Gasteiger partial charge on any atom is 0.400 e. The van der Waals surface area contributed by atoms with Gasteiger partial charge in [-0.15, -0.1) is 0 Å². The highest BCUT2D eigenvalue weighted by Crippen LogP contribution is 2.45. The first-order valence-electron chi connectivity index (χ1n) is 6.15. The fourth-order valence-corrected chi connectivity index (χ4v) is 2.25. The molecule has 0 spiro atoms. The second-order valence-corrected chi connectivity index (χ2v) is 5.53. The van der Waals surface area contributed by atoms with Gasteiger partial charge >= 0.3 is 12.4 Å². The lowest BCUT2D eigenvalue weighted by molar-refractivity contribution is -0.268. The van der Waals surface area contributed by atoms with E-state index in [1.54, 1.807) is 0 Å². The standard InChI is InChI=1S/C11H9F12NS/c12-3(1-25-2-24)6(13)8(15)4(10(18,19)20)7(14)5(9(16)17)11(21,22)23/h3-9H,1H2. The summed E-state index contributed by atoms with van der Waals surface area (Å²) < 4.78 is 154. The highest BCUT2D eigenvalue weighted by atomic mass is 32.2. The SMILES string of the molecule is N#CSCC(F)C(F)C(F)C(C(F)C(C(F)F)C(F)(F)F)C(F)(F)F. The second-order valence-electron chi connectivity index (χ2n) is 4.72. The molecule has 0 aromatic heterocycles. The van der Waals surface area contributed by atoms with Crippen LogP contribution in [0.1, 0.15) is 0 Å². The quantitative estimate of drug-likeness (QED) is 0.403. The summed E-state index contributed by atoms with van der Waals surface area (Å²) in [5.74, 6) is -10.2. The van der Waals surface area contributed by atoms with Gasteiger partial charge in [0.25, 0.3) is 6.43 Å². The Balaban J connectivity index is 5.68. The molecular formula is C11H9F12NS. The predicted octanol–water partition coefficient (Wildman–Crippen LogP) is 5.18. The number of hydrogen-bond acceptors (Lipinski definition) is 2. The Morgan fingerprint density at radius 2 is 1.16 bits per heavy atom. The van der Waals surface area contributed by atoms with Gasteiger partial charge in [-0.1, -0.05) is 0 Å². The fourth-order valence-electron chi connectivity index (χ4n) is 1.83. The number of thioether (sulfide) groups is 1. The van der Waals surface area contributed by atoms with Crippen molar-refractivity contribution in [1.82, 2.24) is 0 Å². The molecule has 148 valence electrons. The molecule has 0 amide bonds. The monoisotopic (exact) mass is 415 g/mol. The molecule has 6 atom stereocenters. The van der Waals surface area contributed by atoms with Crippen molar-refractivity contribution < 1.29 is 52.7 Å². The van der Waals surface area contributed by atoms with Crippen LogP contribution in [0.5, 0.6) is 0 Å². The van der Waals surface area contributed by atoms with Gasteiger partial charge in [-0.05, 0) is 11.8 Å². The van der Waals surface area contributed by atoms with Crippen molar-refractivity contribution in [1.29, 1.82) is 5.26 Å². The maximum atomic E-state index is 13.6. The summed E-state index contributed by atoms with van der Waals surface area (Å²) in [6.45, 7) is 0. The van der Waals surface area contributed by atoms with Gasteiger partial charge < -0.3 is 0 Å². The highest BCUT2D eigenvalue weighted by molar-refractivity contribution is 8.03. The van der Waals surface area contributed by atoms with Crippen LogP contribution in [0.15, 0.2) is 0 Å². The van der Waals surface area contributed by atoms with Crippen LogP contribution in [0.2, 0.25) is 0 Å². The Morgan fingerprint density at radius 3 is 1.48 bits per heavy atom. The second kappa shape index (κ2) is 9.09. The molecular weight excluding hydrogens is 406 g/mol. The molecule has 0 heterocycles. The van der Waals surface area contributed by atoms with Crippen LogP contribution in [-0.2, 0) is 0 Å². The van der Waals surface area contributed by atoms with Gasteiger partial charge in [0.2, 0.25) is 0 Å². The van der Waals surface area contributed by atoms with Gasteiger partial charge in [0, 0.05) is 5.75 Å². The van der Waals surface area contributed by atoms with Crippen molar-refractivity contribution in [3.05, 3.63) is 0 Å². The number of halogens is 12. The Labute approximate surface area is 137 Å². The molecule has 0 aliphatic rings. The minimum absolute atomic E-state index is 0.0461.